The Hall–Kier alpha value is -3.65. The second kappa shape index (κ2) is 9.01. The second-order valence-electron chi connectivity index (χ2n) is 7.36. The Kier molecular flexibility index (Phi) is 5.99. The lowest BCUT2D eigenvalue weighted by atomic mass is 9.88. The molecular formula is C23H22N4O3S. The fraction of sp³-hybridized carbons (Fsp3) is 0.174. The van der Waals surface area contributed by atoms with Crippen molar-refractivity contribution in [3.8, 4) is 0 Å². The van der Waals surface area contributed by atoms with Crippen LogP contribution in [0.1, 0.15) is 23.8 Å². The monoisotopic (exact) mass is 434 g/mol. The Balaban J connectivity index is 1.43. The number of carboxylic acid groups (broad SMARTS) is 1. The van der Waals surface area contributed by atoms with Crippen molar-refractivity contribution in [2.45, 2.75) is 19.8 Å². The quantitative estimate of drug-likeness (QED) is 0.543. The number of amides is 2. The van der Waals surface area contributed by atoms with Gasteiger partial charge in [-0.2, -0.15) is 5.10 Å². The zero-order valence-corrected chi connectivity index (χ0v) is 17.7. The van der Waals surface area contributed by atoms with E-state index in [-0.39, 0.29) is 11.8 Å². The highest BCUT2D eigenvalue weighted by Crippen LogP contribution is 2.31. The Labute approximate surface area is 183 Å². The predicted octanol–water partition coefficient (Wildman–Crippen LogP) is 4.35. The van der Waals surface area contributed by atoms with Crippen LogP contribution in [-0.2, 0) is 11.2 Å². The summed E-state index contributed by atoms with van der Waals surface area (Å²) in [5, 5.41) is 20.7. The van der Waals surface area contributed by atoms with Crippen LogP contribution in [0, 0.1) is 5.92 Å². The van der Waals surface area contributed by atoms with E-state index in [2.05, 4.69) is 21.2 Å². The molecule has 0 bridgehead atoms. The van der Waals surface area contributed by atoms with Gasteiger partial charge in [0.15, 0.2) is 0 Å². The molecule has 4 rings (SSSR count). The van der Waals surface area contributed by atoms with Crippen LogP contribution in [0.2, 0.25) is 0 Å². The minimum atomic E-state index is -1.10. The Morgan fingerprint density at radius 2 is 2.13 bits per heavy atom. The number of nitrogens with zero attached hydrogens (tertiary/aromatic N) is 1. The molecule has 2 heterocycles. The maximum atomic E-state index is 12.5. The van der Waals surface area contributed by atoms with Gasteiger partial charge < -0.3 is 10.4 Å². The standard InChI is InChI=1S/C23H22N4O3S/c1-14-10-21-18(13-20(14)25-22(28)12-17-6-3-9-31-17)19(26-27-21)8-7-15-4-2-5-16(11-15)24-23(29)30/h2-11,18,24,27H,12-13H2,1H3,(H,25,28)(H,29,30)/b8-7+. The van der Waals surface area contributed by atoms with Crippen LogP contribution < -0.4 is 16.1 Å². The number of rotatable bonds is 6. The van der Waals surface area contributed by atoms with E-state index in [9.17, 15) is 9.59 Å². The molecule has 7 nitrogen and oxygen atoms in total. The zero-order chi connectivity index (χ0) is 21.8. The van der Waals surface area contributed by atoms with Gasteiger partial charge in [-0.05, 0) is 53.8 Å². The Morgan fingerprint density at radius 1 is 1.26 bits per heavy atom. The van der Waals surface area contributed by atoms with Gasteiger partial charge in [-0.15, -0.1) is 11.3 Å². The Bertz CT molecular complexity index is 1130. The third-order valence-corrected chi connectivity index (χ3v) is 5.97. The molecule has 2 aromatic rings. The molecule has 2 aliphatic rings. The molecule has 0 saturated carbocycles. The van der Waals surface area contributed by atoms with E-state index < -0.39 is 6.09 Å². The van der Waals surface area contributed by atoms with Gasteiger partial charge in [-0.3, -0.25) is 15.5 Å². The molecule has 1 aliphatic carbocycles. The van der Waals surface area contributed by atoms with Gasteiger partial charge in [-0.25, -0.2) is 4.79 Å². The first-order valence-electron chi connectivity index (χ1n) is 9.83. The minimum absolute atomic E-state index is 0.0172. The lowest BCUT2D eigenvalue weighted by Crippen LogP contribution is -2.29. The van der Waals surface area contributed by atoms with Crippen molar-refractivity contribution in [3.05, 3.63) is 81.3 Å². The number of nitrogens with one attached hydrogen (secondary N) is 3. The summed E-state index contributed by atoms with van der Waals surface area (Å²) in [4.78, 5) is 24.3. The lowest BCUT2D eigenvalue weighted by Gasteiger charge is -2.22. The van der Waals surface area contributed by atoms with Crippen LogP contribution in [0.4, 0.5) is 10.5 Å². The van der Waals surface area contributed by atoms with Crippen molar-refractivity contribution in [1.29, 1.82) is 0 Å². The highest BCUT2D eigenvalue weighted by molar-refractivity contribution is 7.10. The van der Waals surface area contributed by atoms with Gasteiger partial charge in [0.25, 0.3) is 0 Å². The summed E-state index contributed by atoms with van der Waals surface area (Å²) in [6.07, 6.45) is 5.77. The van der Waals surface area contributed by atoms with Gasteiger partial charge in [0.1, 0.15) is 0 Å². The fourth-order valence-electron chi connectivity index (χ4n) is 3.59. The zero-order valence-electron chi connectivity index (χ0n) is 16.9. The van der Waals surface area contributed by atoms with E-state index in [0.717, 1.165) is 33.1 Å². The summed E-state index contributed by atoms with van der Waals surface area (Å²) in [7, 11) is 0. The molecule has 0 saturated heterocycles. The van der Waals surface area contributed by atoms with Crippen molar-refractivity contribution in [2.75, 3.05) is 5.32 Å². The maximum Gasteiger partial charge on any atom is 0.409 e. The van der Waals surface area contributed by atoms with E-state index in [1.807, 2.05) is 48.7 Å². The Morgan fingerprint density at radius 3 is 2.90 bits per heavy atom. The number of carbonyl (C=O) groups is 2. The van der Waals surface area contributed by atoms with Gasteiger partial charge in [-0.1, -0.05) is 24.3 Å². The number of benzene rings is 1. The highest BCUT2D eigenvalue weighted by Gasteiger charge is 2.30. The van der Waals surface area contributed by atoms with Gasteiger partial charge >= 0.3 is 6.09 Å². The molecule has 1 aliphatic heterocycles. The number of thiophene rings is 1. The molecule has 1 aromatic heterocycles. The molecule has 1 atom stereocenters. The topological polar surface area (TPSA) is 103 Å². The summed E-state index contributed by atoms with van der Waals surface area (Å²) >= 11 is 1.57. The number of hydrogen-bond donors (Lipinski definition) is 4. The number of carbonyl (C=O) groups excluding carboxylic acids is 1. The van der Waals surface area contributed by atoms with Gasteiger partial charge in [0.05, 0.1) is 18.1 Å². The summed E-state index contributed by atoms with van der Waals surface area (Å²) in [5.41, 5.74) is 8.25. The number of hydrogen-bond acceptors (Lipinski definition) is 5. The number of fused-ring (bicyclic) bond motifs is 1. The molecule has 0 spiro atoms. The van der Waals surface area contributed by atoms with Crippen LogP contribution in [0.15, 0.2) is 76.0 Å². The molecule has 0 fully saturated rings. The molecule has 1 aromatic carbocycles. The second-order valence-corrected chi connectivity index (χ2v) is 8.39. The highest BCUT2D eigenvalue weighted by atomic mass is 32.1. The third-order valence-electron chi connectivity index (χ3n) is 5.09. The SMILES string of the molecule is CC1=C(NC(=O)Cc2cccs2)CC2C(=C1)NN=C2/C=C/c1cccc(NC(=O)O)c1. The normalized spacial score (nSPS) is 17.6. The summed E-state index contributed by atoms with van der Waals surface area (Å²) in [6, 6.07) is 11.0. The summed E-state index contributed by atoms with van der Waals surface area (Å²) in [5.74, 6) is 0.0219. The van der Waals surface area contributed by atoms with Crippen LogP contribution in [0.25, 0.3) is 6.08 Å². The predicted molar refractivity (Wildman–Crippen MR) is 123 cm³/mol. The molecule has 8 heteroatoms. The summed E-state index contributed by atoms with van der Waals surface area (Å²) < 4.78 is 0. The fourth-order valence-corrected chi connectivity index (χ4v) is 4.29. The van der Waals surface area contributed by atoms with Crippen molar-refractivity contribution < 1.29 is 14.7 Å². The largest absolute Gasteiger partial charge is 0.465 e. The van der Waals surface area contributed by atoms with Crippen molar-refractivity contribution >= 4 is 40.8 Å². The first kappa shape index (κ1) is 20.6. The lowest BCUT2D eigenvalue weighted by molar-refractivity contribution is -0.119. The van der Waals surface area contributed by atoms with Gasteiger partial charge in [0, 0.05) is 28.4 Å². The van der Waals surface area contributed by atoms with Crippen molar-refractivity contribution in [1.82, 2.24) is 10.7 Å². The molecule has 158 valence electrons. The van der Waals surface area contributed by atoms with Crippen LogP contribution >= 0.6 is 11.3 Å². The molecular weight excluding hydrogens is 412 g/mol. The first-order valence-corrected chi connectivity index (χ1v) is 10.7. The third kappa shape index (κ3) is 5.10. The van der Waals surface area contributed by atoms with Crippen LogP contribution in [-0.4, -0.2) is 22.8 Å². The maximum absolute atomic E-state index is 12.5. The molecule has 0 radical (unpaired) electrons. The van der Waals surface area contributed by atoms with Crippen molar-refractivity contribution in [2.24, 2.45) is 11.0 Å². The smallest absolute Gasteiger partial charge is 0.409 e. The molecule has 4 N–H and O–H groups in total. The average Bonchev–Trinajstić information content (AvgIpc) is 3.36. The average molecular weight is 435 g/mol. The molecule has 31 heavy (non-hydrogen) atoms. The number of allylic oxidation sites excluding steroid dienone is 5. The van der Waals surface area contributed by atoms with E-state index in [1.54, 1.807) is 29.5 Å². The summed E-state index contributed by atoms with van der Waals surface area (Å²) in [6.45, 7) is 1.99. The van der Waals surface area contributed by atoms with E-state index >= 15 is 0 Å². The van der Waals surface area contributed by atoms with Crippen LogP contribution in [0.5, 0.6) is 0 Å². The first-order chi connectivity index (χ1) is 15.0. The van der Waals surface area contributed by atoms with Crippen LogP contribution in [0.3, 0.4) is 0 Å². The molecule has 2 amide bonds. The molecule has 1 unspecified atom stereocenters. The minimum Gasteiger partial charge on any atom is -0.465 e. The van der Waals surface area contributed by atoms with Crippen molar-refractivity contribution in [3.63, 3.8) is 0 Å². The number of hydrazone groups is 1. The van der Waals surface area contributed by atoms with E-state index in [0.29, 0.717) is 18.5 Å². The van der Waals surface area contributed by atoms with E-state index in [1.165, 1.54) is 0 Å². The van der Waals surface area contributed by atoms with Gasteiger partial charge in [0.2, 0.25) is 5.91 Å². The van der Waals surface area contributed by atoms with E-state index in [4.69, 9.17) is 5.11 Å². The number of anilines is 1.